The van der Waals surface area contributed by atoms with Gasteiger partial charge in [0.1, 0.15) is 17.9 Å². The summed E-state index contributed by atoms with van der Waals surface area (Å²) in [5.74, 6) is 0.880. The first-order valence-corrected chi connectivity index (χ1v) is 9.16. The summed E-state index contributed by atoms with van der Waals surface area (Å²) in [6.45, 7) is 2.93. The van der Waals surface area contributed by atoms with Crippen molar-refractivity contribution in [1.82, 2.24) is 5.32 Å². The molecule has 0 aliphatic carbocycles. The van der Waals surface area contributed by atoms with Crippen molar-refractivity contribution < 1.29 is 13.9 Å². The molecule has 1 N–H and O–H groups in total. The molecule has 4 nitrogen and oxygen atoms in total. The van der Waals surface area contributed by atoms with Gasteiger partial charge in [-0.05, 0) is 47.0 Å². The van der Waals surface area contributed by atoms with Crippen LogP contribution in [0.5, 0.6) is 5.75 Å². The van der Waals surface area contributed by atoms with Crippen molar-refractivity contribution in [3.63, 3.8) is 0 Å². The number of rotatable bonds is 6. The summed E-state index contributed by atoms with van der Waals surface area (Å²) in [5, 5.41) is 6.00. The summed E-state index contributed by atoms with van der Waals surface area (Å²) >= 11 is 0. The minimum Gasteiger partial charge on any atom is -0.492 e. The molecule has 0 saturated heterocycles. The molecule has 0 saturated carbocycles. The van der Waals surface area contributed by atoms with Crippen LogP contribution in [0, 0.1) is 0 Å². The highest BCUT2D eigenvalue weighted by molar-refractivity contribution is 6.08. The quantitative estimate of drug-likeness (QED) is 0.495. The molecule has 4 aromatic rings. The summed E-state index contributed by atoms with van der Waals surface area (Å²) in [7, 11) is 0. The van der Waals surface area contributed by atoms with Gasteiger partial charge in [-0.3, -0.25) is 4.79 Å². The molecule has 3 aromatic carbocycles. The SMILES string of the molecule is CCc1ccc(OCCNC(=O)c2cc3c(ccc4ccccc43)o2)cc1. The number of hydrogen-bond acceptors (Lipinski definition) is 3. The molecule has 136 valence electrons. The van der Waals surface area contributed by atoms with Crippen LogP contribution in [0.25, 0.3) is 21.7 Å². The Balaban J connectivity index is 1.38. The summed E-state index contributed by atoms with van der Waals surface area (Å²) in [6.07, 6.45) is 1.00. The van der Waals surface area contributed by atoms with Crippen LogP contribution < -0.4 is 10.1 Å². The lowest BCUT2D eigenvalue weighted by Gasteiger charge is -2.07. The second-order valence-electron chi connectivity index (χ2n) is 6.41. The number of furan rings is 1. The monoisotopic (exact) mass is 359 g/mol. The molecule has 0 bridgehead atoms. The highest BCUT2D eigenvalue weighted by Crippen LogP contribution is 2.28. The lowest BCUT2D eigenvalue weighted by molar-refractivity contribution is 0.0921. The van der Waals surface area contributed by atoms with Crippen LogP contribution in [-0.2, 0) is 6.42 Å². The largest absolute Gasteiger partial charge is 0.492 e. The molecule has 0 atom stereocenters. The fourth-order valence-electron chi connectivity index (χ4n) is 3.15. The van der Waals surface area contributed by atoms with E-state index in [1.54, 1.807) is 6.07 Å². The molecule has 0 fully saturated rings. The van der Waals surface area contributed by atoms with Gasteiger partial charge in [-0.25, -0.2) is 0 Å². The fourth-order valence-corrected chi connectivity index (χ4v) is 3.15. The first-order chi connectivity index (χ1) is 13.2. The van der Waals surface area contributed by atoms with E-state index >= 15 is 0 Å². The first-order valence-electron chi connectivity index (χ1n) is 9.16. The third-order valence-corrected chi connectivity index (χ3v) is 4.64. The van der Waals surface area contributed by atoms with Crippen LogP contribution >= 0.6 is 0 Å². The van der Waals surface area contributed by atoms with E-state index in [1.165, 1.54) is 5.56 Å². The van der Waals surface area contributed by atoms with Crippen molar-refractivity contribution in [1.29, 1.82) is 0 Å². The van der Waals surface area contributed by atoms with Gasteiger partial charge in [0.25, 0.3) is 5.91 Å². The number of fused-ring (bicyclic) bond motifs is 3. The van der Waals surface area contributed by atoms with E-state index in [9.17, 15) is 4.79 Å². The molecular formula is C23H21NO3. The van der Waals surface area contributed by atoms with Crippen LogP contribution in [-0.4, -0.2) is 19.1 Å². The maximum atomic E-state index is 12.4. The van der Waals surface area contributed by atoms with Crippen LogP contribution in [0.2, 0.25) is 0 Å². The van der Waals surface area contributed by atoms with Gasteiger partial charge in [0, 0.05) is 5.39 Å². The Labute approximate surface area is 157 Å². The zero-order valence-corrected chi connectivity index (χ0v) is 15.2. The summed E-state index contributed by atoms with van der Waals surface area (Å²) < 4.78 is 11.4. The predicted octanol–water partition coefficient (Wildman–Crippen LogP) is 4.96. The van der Waals surface area contributed by atoms with Crippen LogP contribution in [0.4, 0.5) is 0 Å². The normalized spacial score (nSPS) is 11.0. The van der Waals surface area contributed by atoms with Gasteiger partial charge in [0.15, 0.2) is 5.76 Å². The lowest BCUT2D eigenvalue weighted by Crippen LogP contribution is -2.27. The highest BCUT2D eigenvalue weighted by Gasteiger charge is 2.13. The van der Waals surface area contributed by atoms with Gasteiger partial charge in [-0.15, -0.1) is 0 Å². The maximum Gasteiger partial charge on any atom is 0.287 e. The molecule has 1 aromatic heterocycles. The average Bonchev–Trinajstić information content (AvgIpc) is 3.16. The molecular weight excluding hydrogens is 338 g/mol. The summed E-state index contributed by atoms with van der Waals surface area (Å²) in [4.78, 5) is 12.4. The Kier molecular flexibility index (Phi) is 4.79. The van der Waals surface area contributed by atoms with Crippen molar-refractivity contribution >= 4 is 27.6 Å². The maximum absolute atomic E-state index is 12.4. The van der Waals surface area contributed by atoms with Crippen molar-refractivity contribution in [3.8, 4) is 5.75 Å². The zero-order chi connectivity index (χ0) is 18.6. The number of aryl methyl sites for hydroxylation is 1. The lowest BCUT2D eigenvalue weighted by atomic mass is 10.1. The van der Waals surface area contributed by atoms with Gasteiger partial charge in [0.05, 0.1) is 6.54 Å². The van der Waals surface area contributed by atoms with Gasteiger partial charge in [0.2, 0.25) is 0 Å². The molecule has 0 unspecified atom stereocenters. The van der Waals surface area contributed by atoms with Gasteiger partial charge < -0.3 is 14.5 Å². The van der Waals surface area contributed by atoms with Gasteiger partial charge >= 0.3 is 0 Å². The average molecular weight is 359 g/mol. The minimum atomic E-state index is -0.236. The van der Waals surface area contributed by atoms with E-state index in [-0.39, 0.29) is 5.91 Å². The van der Waals surface area contributed by atoms with E-state index in [0.717, 1.165) is 28.3 Å². The second-order valence-corrected chi connectivity index (χ2v) is 6.41. The summed E-state index contributed by atoms with van der Waals surface area (Å²) in [5.41, 5.74) is 1.99. The topological polar surface area (TPSA) is 51.5 Å². The van der Waals surface area contributed by atoms with Crippen molar-refractivity contribution in [2.24, 2.45) is 0 Å². The van der Waals surface area contributed by atoms with Crippen molar-refractivity contribution in [2.45, 2.75) is 13.3 Å². The Bertz CT molecular complexity index is 1080. The first kappa shape index (κ1) is 17.2. The third kappa shape index (κ3) is 3.65. The molecule has 1 amide bonds. The van der Waals surface area contributed by atoms with E-state index in [2.05, 4.69) is 12.2 Å². The number of carbonyl (C=O) groups is 1. The van der Waals surface area contributed by atoms with E-state index < -0.39 is 0 Å². The number of hydrogen-bond donors (Lipinski definition) is 1. The van der Waals surface area contributed by atoms with Gasteiger partial charge in [-0.1, -0.05) is 49.4 Å². The van der Waals surface area contributed by atoms with E-state index in [1.807, 2.05) is 60.7 Å². The van der Waals surface area contributed by atoms with E-state index in [4.69, 9.17) is 9.15 Å². The summed E-state index contributed by atoms with van der Waals surface area (Å²) in [6, 6.07) is 21.8. The number of amides is 1. The Hall–Kier alpha value is -3.27. The second kappa shape index (κ2) is 7.54. The Morgan fingerprint density at radius 2 is 1.81 bits per heavy atom. The smallest absolute Gasteiger partial charge is 0.287 e. The molecule has 27 heavy (non-hydrogen) atoms. The van der Waals surface area contributed by atoms with Gasteiger partial charge in [-0.2, -0.15) is 0 Å². The molecule has 4 rings (SSSR count). The fraction of sp³-hybridized carbons (Fsp3) is 0.174. The Morgan fingerprint density at radius 3 is 2.63 bits per heavy atom. The molecule has 4 heteroatoms. The minimum absolute atomic E-state index is 0.236. The molecule has 0 aliphatic rings. The molecule has 1 heterocycles. The molecule has 0 aliphatic heterocycles. The van der Waals surface area contributed by atoms with Crippen molar-refractivity contribution in [2.75, 3.05) is 13.2 Å². The Morgan fingerprint density at radius 1 is 1.00 bits per heavy atom. The number of ether oxygens (including phenoxy) is 1. The molecule has 0 spiro atoms. The number of benzene rings is 3. The van der Waals surface area contributed by atoms with Crippen LogP contribution in [0.3, 0.4) is 0 Å². The highest BCUT2D eigenvalue weighted by atomic mass is 16.5. The van der Waals surface area contributed by atoms with Crippen LogP contribution in [0.1, 0.15) is 23.0 Å². The standard InChI is InChI=1S/C23H21NO3/c1-2-16-7-10-18(11-8-16)26-14-13-24-23(25)22-15-20-19-6-4-3-5-17(19)9-12-21(20)27-22/h3-12,15H,2,13-14H2,1H3,(H,24,25). The van der Waals surface area contributed by atoms with Crippen LogP contribution in [0.15, 0.2) is 71.1 Å². The van der Waals surface area contributed by atoms with E-state index in [0.29, 0.717) is 24.5 Å². The number of carbonyl (C=O) groups excluding carboxylic acids is 1. The zero-order valence-electron chi connectivity index (χ0n) is 15.2. The van der Waals surface area contributed by atoms with Crippen molar-refractivity contribution in [3.05, 3.63) is 78.1 Å². The predicted molar refractivity (Wildman–Crippen MR) is 107 cm³/mol. The number of nitrogens with one attached hydrogen (secondary N) is 1. The molecule has 0 radical (unpaired) electrons. The third-order valence-electron chi connectivity index (χ3n) is 4.64.